The summed E-state index contributed by atoms with van der Waals surface area (Å²) < 4.78 is 72.0. The quantitative estimate of drug-likeness (QED) is 0.129. The fourth-order valence-corrected chi connectivity index (χ4v) is 10.4. The molecule has 3 heterocycles. The van der Waals surface area contributed by atoms with Crippen LogP contribution in [0.4, 0.5) is 13.2 Å². The minimum absolute atomic E-state index is 0.0440. The van der Waals surface area contributed by atoms with Crippen molar-refractivity contribution in [2.75, 3.05) is 6.54 Å². The molecule has 2 fully saturated rings. The molecule has 11 heteroatoms. The van der Waals surface area contributed by atoms with Gasteiger partial charge in [-0.3, -0.25) is 14.5 Å². The van der Waals surface area contributed by atoms with Gasteiger partial charge in [-0.1, -0.05) is 97.9 Å². The number of allylic oxidation sites excluding steroid dienone is 1. The third-order valence-electron chi connectivity index (χ3n) is 13.1. The number of epoxide rings is 1. The average molecular weight is 787 g/mol. The summed E-state index contributed by atoms with van der Waals surface area (Å²) in [5.41, 5.74) is 0.0403. The van der Waals surface area contributed by atoms with Crippen molar-refractivity contribution in [3.8, 4) is 11.6 Å². The van der Waals surface area contributed by atoms with Crippen molar-refractivity contribution in [1.29, 1.82) is 0 Å². The predicted molar refractivity (Wildman–Crippen MR) is 206 cm³/mol. The van der Waals surface area contributed by atoms with Gasteiger partial charge in [0.25, 0.3) is 5.88 Å². The van der Waals surface area contributed by atoms with Gasteiger partial charge in [0.05, 0.1) is 11.1 Å². The summed E-state index contributed by atoms with van der Waals surface area (Å²) in [5, 5.41) is 4.15. The Morgan fingerprint density at radius 2 is 1.53 bits per heavy atom. The van der Waals surface area contributed by atoms with Crippen LogP contribution in [0.1, 0.15) is 98.5 Å². The molecule has 5 aliphatic rings. The number of hydrogen-bond acceptors (Lipinski definition) is 8. The van der Waals surface area contributed by atoms with Crippen molar-refractivity contribution >= 4 is 11.6 Å². The van der Waals surface area contributed by atoms with Gasteiger partial charge in [-0.25, -0.2) is 0 Å². The van der Waals surface area contributed by atoms with Gasteiger partial charge < -0.3 is 18.7 Å². The Labute approximate surface area is 333 Å². The number of benzene rings is 4. The molecule has 2 unspecified atom stereocenters. The van der Waals surface area contributed by atoms with Crippen LogP contribution in [0, 0.1) is 11.3 Å². The molecule has 10 rings (SSSR count). The van der Waals surface area contributed by atoms with E-state index in [-0.39, 0.29) is 77.7 Å². The maximum Gasteiger partial charge on any atom is 0.417 e. The highest BCUT2D eigenvalue weighted by atomic mass is 19.4. The summed E-state index contributed by atoms with van der Waals surface area (Å²) in [6, 6.07) is 29.5. The summed E-state index contributed by atoms with van der Waals surface area (Å²) in [4.78, 5) is 31.9. The molecular weight excluding hydrogens is 746 g/mol. The third-order valence-corrected chi connectivity index (χ3v) is 13.1. The first kappa shape index (κ1) is 36.6. The van der Waals surface area contributed by atoms with E-state index in [2.05, 4.69) is 10.1 Å². The highest BCUT2D eigenvalue weighted by molar-refractivity contribution is 6.18. The number of carbonyl (C=O) groups is 2. The van der Waals surface area contributed by atoms with Crippen LogP contribution >= 0.6 is 0 Å². The van der Waals surface area contributed by atoms with Crippen LogP contribution in [0.3, 0.4) is 0 Å². The van der Waals surface area contributed by atoms with Crippen molar-refractivity contribution in [2.24, 2.45) is 11.3 Å². The Bertz CT molecular complexity index is 2460. The van der Waals surface area contributed by atoms with E-state index in [1.807, 2.05) is 97.9 Å². The summed E-state index contributed by atoms with van der Waals surface area (Å²) in [6.45, 7) is 3.29. The van der Waals surface area contributed by atoms with E-state index in [1.54, 1.807) is 0 Å². The molecule has 0 N–H and O–H groups in total. The van der Waals surface area contributed by atoms with Gasteiger partial charge >= 0.3 is 6.18 Å². The fourth-order valence-electron chi connectivity index (χ4n) is 10.4. The molecule has 0 saturated carbocycles. The highest BCUT2D eigenvalue weighted by Crippen LogP contribution is 2.70. The molecular formula is C47H41F3N2O6. The van der Waals surface area contributed by atoms with E-state index < -0.39 is 46.3 Å². The van der Waals surface area contributed by atoms with Crippen molar-refractivity contribution in [2.45, 2.75) is 83.0 Å². The molecule has 0 bridgehead atoms. The van der Waals surface area contributed by atoms with E-state index in [1.165, 1.54) is 6.07 Å². The van der Waals surface area contributed by atoms with Crippen LogP contribution in [0.2, 0.25) is 0 Å². The van der Waals surface area contributed by atoms with E-state index in [0.717, 1.165) is 23.1 Å². The monoisotopic (exact) mass is 786 g/mol. The molecule has 2 aliphatic heterocycles. The normalized spacial score (nSPS) is 24.6. The topological polar surface area (TPSA) is 94.4 Å². The predicted octanol–water partition coefficient (Wildman–Crippen LogP) is 9.81. The number of ketones is 2. The molecule has 58 heavy (non-hydrogen) atoms. The van der Waals surface area contributed by atoms with Gasteiger partial charge in [-0.15, -0.1) is 0 Å². The second-order valence-electron chi connectivity index (χ2n) is 16.2. The Balaban J connectivity index is 1.08. The summed E-state index contributed by atoms with van der Waals surface area (Å²) in [5.74, 6) is -0.846. The molecule has 4 aromatic carbocycles. The molecule has 4 atom stereocenters. The van der Waals surface area contributed by atoms with Gasteiger partial charge in [0.15, 0.2) is 17.3 Å². The van der Waals surface area contributed by atoms with Crippen LogP contribution in [0.5, 0.6) is 11.6 Å². The Hall–Kier alpha value is -5.68. The molecule has 2 saturated heterocycles. The highest BCUT2D eigenvalue weighted by Gasteiger charge is 2.78. The van der Waals surface area contributed by atoms with Gasteiger partial charge in [-0.05, 0) is 83.6 Å². The average Bonchev–Trinajstić information content (AvgIpc) is 3.61. The largest absolute Gasteiger partial charge is 0.488 e. The first-order chi connectivity index (χ1) is 28.1. The number of nitrogens with zero attached hydrogens (tertiary/aromatic N) is 2. The second-order valence-corrected chi connectivity index (χ2v) is 16.2. The van der Waals surface area contributed by atoms with Crippen molar-refractivity contribution in [3.05, 3.63) is 159 Å². The van der Waals surface area contributed by atoms with Crippen LogP contribution < -0.4 is 9.47 Å². The molecule has 1 spiro atoms. The summed E-state index contributed by atoms with van der Waals surface area (Å²) in [6.07, 6.45) is -2.57. The van der Waals surface area contributed by atoms with E-state index in [0.29, 0.717) is 31.7 Å². The van der Waals surface area contributed by atoms with Crippen molar-refractivity contribution in [1.82, 2.24) is 10.1 Å². The molecule has 1 aromatic heterocycles. The van der Waals surface area contributed by atoms with Gasteiger partial charge in [0.1, 0.15) is 24.5 Å². The Morgan fingerprint density at radius 3 is 2.19 bits per heavy atom. The minimum atomic E-state index is -4.76. The molecule has 296 valence electrons. The van der Waals surface area contributed by atoms with E-state index in [4.69, 9.17) is 18.7 Å². The number of halogens is 3. The van der Waals surface area contributed by atoms with Crippen LogP contribution in [0.25, 0.3) is 0 Å². The van der Waals surface area contributed by atoms with E-state index in [9.17, 15) is 4.79 Å². The number of fused-ring (bicyclic) bond motifs is 3. The number of aromatic nitrogens is 1. The number of carbonyl (C=O) groups excluding carboxylic acids is 2. The first-order valence-corrected chi connectivity index (χ1v) is 20.0. The fraction of sp³-hybridized carbons (Fsp3) is 0.340. The lowest BCUT2D eigenvalue weighted by atomic mass is 9.54. The molecule has 8 nitrogen and oxygen atoms in total. The maximum absolute atomic E-state index is 15.8. The number of likely N-dealkylation sites (tertiary alicyclic amines) is 1. The zero-order valence-electron chi connectivity index (χ0n) is 31.9. The van der Waals surface area contributed by atoms with E-state index >= 15 is 18.0 Å². The summed E-state index contributed by atoms with van der Waals surface area (Å²) in [7, 11) is 0. The van der Waals surface area contributed by atoms with Gasteiger partial charge in [0.2, 0.25) is 11.4 Å². The number of hydrogen-bond donors (Lipinski definition) is 0. The first-order valence-electron chi connectivity index (χ1n) is 20.0. The van der Waals surface area contributed by atoms with Crippen LogP contribution in [-0.2, 0) is 43.5 Å². The summed E-state index contributed by atoms with van der Waals surface area (Å²) >= 11 is 0. The number of ether oxygens (including phenoxy) is 3. The molecule has 5 aromatic rings. The van der Waals surface area contributed by atoms with Crippen molar-refractivity contribution in [3.63, 3.8) is 0 Å². The Morgan fingerprint density at radius 1 is 0.879 bits per heavy atom. The van der Waals surface area contributed by atoms with Gasteiger partial charge in [0, 0.05) is 30.0 Å². The third kappa shape index (κ3) is 5.72. The van der Waals surface area contributed by atoms with Crippen LogP contribution in [-0.4, -0.2) is 33.8 Å². The second kappa shape index (κ2) is 13.7. The lowest BCUT2D eigenvalue weighted by molar-refractivity contribution is -0.139. The number of rotatable bonds is 10. The van der Waals surface area contributed by atoms with Gasteiger partial charge in [-0.2, -0.15) is 13.2 Å². The maximum atomic E-state index is 15.8. The molecule has 0 amide bonds. The molecule has 3 aliphatic carbocycles. The number of Topliss-reactive ketones (excluding diaryl/α,β-unsaturated/α-hetero) is 2. The minimum Gasteiger partial charge on any atom is -0.488 e. The SMILES string of the molecule is CC[C@]12Cc3onc(OCc4ccccc4)c3C(=O)[C@]13OC3=C1C(=O)c3c(OCc4ccccc4)cc(C4CCCN4Cc4ccccc4)c(C(F)(F)F)c3CC1C2. The van der Waals surface area contributed by atoms with Crippen molar-refractivity contribution < 1.29 is 41.5 Å². The molecule has 0 radical (unpaired) electrons. The standard InChI is InChI=1S/C47H41F3N2O6/c1-2-45-23-31-21-33-38(41(53)37(31)43-46(45,57-43)42(54)39-36(24-45)58-51-44(39)56-27-30-17-10-5-11-18-30)35(55-26-29-15-8-4-9-16-29)22-32(40(33)47(48,49)50)34-19-12-20-52(34)25-28-13-6-3-7-14-28/h3-11,13-18,22,31,34H,2,12,19-21,23-27H2,1H3/t31?,34?,45-,46+/m0/s1. The zero-order chi connectivity index (χ0) is 39.8. The number of alkyl halides is 3. The zero-order valence-corrected chi connectivity index (χ0v) is 31.9. The lowest BCUT2D eigenvalue weighted by Crippen LogP contribution is -2.53. The smallest absolute Gasteiger partial charge is 0.417 e. The lowest BCUT2D eigenvalue weighted by Gasteiger charge is -2.44. The Kier molecular flexibility index (Phi) is 8.67. The van der Waals surface area contributed by atoms with Crippen LogP contribution in [0.15, 0.2) is 113 Å².